The molecule has 0 N–H and O–H groups in total. The van der Waals surface area contributed by atoms with Gasteiger partial charge in [-0.15, -0.1) is 0 Å². The number of likely N-dealkylation sites (N-methyl/N-ethyl adjacent to an activating group) is 1. The lowest BCUT2D eigenvalue weighted by atomic mass is 10.1. The van der Waals surface area contributed by atoms with Gasteiger partial charge >= 0.3 is 0 Å². The molecular weight excluding hydrogens is 382 g/mol. The van der Waals surface area contributed by atoms with Gasteiger partial charge in [0.05, 0.1) is 10.9 Å². The zero-order valence-corrected chi connectivity index (χ0v) is 17.4. The molecule has 1 fully saturated rings. The lowest BCUT2D eigenvalue weighted by Gasteiger charge is -2.31. The van der Waals surface area contributed by atoms with Crippen LogP contribution >= 0.6 is 0 Å². The molecule has 1 saturated heterocycles. The Balaban J connectivity index is 2.09. The highest BCUT2D eigenvalue weighted by Crippen LogP contribution is 2.41. The molecule has 2 atom stereocenters. The van der Waals surface area contributed by atoms with E-state index in [-0.39, 0.29) is 28.6 Å². The standard InChI is InChI=1S/C21H26F2N2O2S/c1-14-11-19(12-15(2)21(14)23)28(26,27)25-18(13-24(3)4)9-10-20(25)16-5-7-17(22)8-6-16/h5-8,11-12,18,20H,9-10,13H2,1-4H3/t18-,20+/m0/s1. The molecule has 152 valence electrons. The Bertz CT molecular complexity index is 936. The predicted molar refractivity (Wildman–Crippen MR) is 106 cm³/mol. The van der Waals surface area contributed by atoms with Crippen LogP contribution in [0.3, 0.4) is 0 Å². The van der Waals surface area contributed by atoms with E-state index in [4.69, 9.17) is 0 Å². The van der Waals surface area contributed by atoms with E-state index >= 15 is 0 Å². The highest BCUT2D eigenvalue weighted by molar-refractivity contribution is 7.89. The molecule has 1 heterocycles. The summed E-state index contributed by atoms with van der Waals surface area (Å²) in [5.74, 6) is -0.744. The van der Waals surface area contributed by atoms with Gasteiger partial charge < -0.3 is 4.90 Å². The van der Waals surface area contributed by atoms with Gasteiger partial charge in [-0.25, -0.2) is 17.2 Å². The highest BCUT2D eigenvalue weighted by atomic mass is 32.2. The maximum Gasteiger partial charge on any atom is 0.243 e. The lowest BCUT2D eigenvalue weighted by Crippen LogP contribution is -2.42. The van der Waals surface area contributed by atoms with E-state index in [1.54, 1.807) is 26.0 Å². The van der Waals surface area contributed by atoms with E-state index < -0.39 is 10.0 Å². The Labute approximate surface area is 165 Å². The first-order chi connectivity index (χ1) is 13.1. The van der Waals surface area contributed by atoms with E-state index in [0.717, 1.165) is 5.56 Å². The molecule has 0 radical (unpaired) electrons. The van der Waals surface area contributed by atoms with Crippen molar-refractivity contribution in [2.24, 2.45) is 0 Å². The van der Waals surface area contributed by atoms with Crippen LogP contribution in [0.2, 0.25) is 0 Å². The molecule has 7 heteroatoms. The van der Waals surface area contributed by atoms with Gasteiger partial charge in [-0.05, 0) is 81.7 Å². The number of hydrogen-bond donors (Lipinski definition) is 0. The average molecular weight is 409 g/mol. The Hall–Kier alpha value is -1.83. The predicted octanol–water partition coefficient (Wildman–Crippen LogP) is 4.04. The fraction of sp³-hybridized carbons (Fsp3) is 0.429. The van der Waals surface area contributed by atoms with Crippen LogP contribution in [-0.2, 0) is 10.0 Å². The van der Waals surface area contributed by atoms with Crippen LogP contribution in [0, 0.1) is 25.5 Å². The van der Waals surface area contributed by atoms with Crippen molar-refractivity contribution in [3.8, 4) is 0 Å². The number of benzene rings is 2. The number of halogens is 2. The summed E-state index contributed by atoms with van der Waals surface area (Å²) in [5, 5.41) is 0. The fourth-order valence-corrected chi connectivity index (χ4v) is 6.01. The van der Waals surface area contributed by atoms with Gasteiger partial charge in [-0.1, -0.05) is 12.1 Å². The second-order valence-corrected chi connectivity index (χ2v) is 9.61. The van der Waals surface area contributed by atoms with Gasteiger partial charge in [0.25, 0.3) is 0 Å². The second kappa shape index (κ2) is 7.89. The summed E-state index contributed by atoms with van der Waals surface area (Å²) in [6.45, 7) is 3.72. The number of sulfonamides is 1. The van der Waals surface area contributed by atoms with Gasteiger partial charge in [0.2, 0.25) is 10.0 Å². The molecule has 0 amide bonds. The van der Waals surface area contributed by atoms with Crippen LogP contribution in [0.5, 0.6) is 0 Å². The summed E-state index contributed by atoms with van der Waals surface area (Å²) in [6, 6.07) is 8.19. The summed E-state index contributed by atoms with van der Waals surface area (Å²) < 4.78 is 56.2. The zero-order valence-electron chi connectivity index (χ0n) is 16.6. The third kappa shape index (κ3) is 3.97. The summed E-state index contributed by atoms with van der Waals surface area (Å²) in [5.41, 5.74) is 1.38. The Kier molecular flexibility index (Phi) is 5.89. The molecule has 28 heavy (non-hydrogen) atoms. The van der Waals surface area contributed by atoms with Gasteiger partial charge in [-0.2, -0.15) is 4.31 Å². The Morgan fingerprint density at radius 2 is 1.61 bits per heavy atom. The topological polar surface area (TPSA) is 40.6 Å². The molecule has 2 aromatic rings. The first-order valence-corrected chi connectivity index (χ1v) is 10.8. The van der Waals surface area contributed by atoms with Crippen molar-refractivity contribution >= 4 is 10.0 Å². The minimum absolute atomic E-state index is 0.0988. The van der Waals surface area contributed by atoms with Gasteiger partial charge in [-0.3, -0.25) is 0 Å². The number of hydrogen-bond acceptors (Lipinski definition) is 3. The van der Waals surface area contributed by atoms with Crippen LogP contribution < -0.4 is 0 Å². The monoisotopic (exact) mass is 408 g/mol. The maximum absolute atomic E-state index is 14.1. The quantitative estimate of drug-likeness (QED) is 0.750. The smallest absolute Gasteiger partial charge is 0.243 e. The SMILES string of the molecule is Cc1cc(S(=O)(=O)N2[C@H](CN(C)C)CC[C@@H]2c2ccc(F)cc2)cc(C)c1F. The van der Waals surface area contributed by atoms with Gasteiger partial charge in [0.1, 0.15) is 11.6 Å². The van der Waals surface area contributed by atoms with Crippen LogP contribution in [0.1, 0.15) is 35.6 Å². The molecule has 0 aromatic heterocycles. The zero-order chi connectivity index (χ0) is 20.6. The Morgan fingerprint density at radius 1 is 1.04 bits per heavy atom. The van der Waals surface area contributed by atoms with E-state index in [1.165, 1.54) is 28.6 Å². The highest BCUT2D eigenvalue weighted by Gasteiger charge is 2.43. The normalized spacial score (nSPS) is 20.8. The molecule has 0 bridgehead atoms. The summed E-state index contributed by atoms with van der Waals surface area (Å²) in [7, 11) is -0.0465. The second-order valence-electron chi connectivity index (χ2n) is 7.77. The molecular formula is C21H26F2N2O2S. The number of nitrogens with zero attached hydrogens (tertiary/aromatic N) is 2. The van der Waals surface area contributed by atoms with Crippen molar-refractivity contribution < 1.29 is 17.2 Å². The van der Waals surface area contributed by atoms with E-state index in [2.05, 4.69) is 0 Å². The third-order valence-electron chi connectivity index (χ3n) is 5.26. The Morgan fingerprint density at radius 3 is 2.14 bits per heavy atom. The fourth-order valence-electron chi connectivity index (χ4n) is 3.99. The maximum atomic E-state index is 14.1. The van der Waals surface area contributed by atoms with Crippen molar-refractivity contribution in [1.82, 2.24) is 9.21 Å². The summed E-state index contributed by atoms with van der Waals surface area (Å²) >= 11 is 0. The van der Waals surface area contributed by atoms with E-state index in [0.29, 0.717) is 30.5 Å². The van der Waals surface area contributed by atoms with Crippen molar-refractivity contribution in [2.45, 2.75) is 43.7 Å². The van der Waals surface area contributed by atoms with E-state index in [1.807, 2.05) is 19.0 Å². The number of rotatable bonds is 5. The molecule has 0 aliphatic carbocycles. The molecule has 1 aliphatic heterocycles. The third-order valence-corrected chi connectivity index (χ3v) is 7.20. The molecule has 0 unspecified atom stereocenters. The molecule has 3 rings (SSSR count). The summed E-state index contributed by atoms with van der Waals surface area (Å²) in [6.07, 6.45) is 1.36. The van der Waals surface area contributed by atoms with Crippen LogP contribution in [0.25, 0.3) is 0 Å². The number of aryl methyl sites for hydroxylation is 2. The van der Waals surface area contributed by atoms with Gasteiger partial charge in [0, 0.05) is 12.6 Å². The van der Waals surface area contributed by atoms with Crippen molar-refractivity contribution in [3.63, 3.8) is 0 Å². The molecule has 0 spiro atoms. The molecule has 4 nitrogen and oxygen atoms in total. The van der Waals surface area contributed by atoms with Crippen LogP contribution in [-0.4, -0.2) is 44.3 Å². The van der Waals surface area contributed by atoms with Crippen molar-refractivity contribution in [2.75, 3.05) is 20.6 Å². The first-order valence-electron chi connectivity index (χ1n) is 9.31. The van der Waals surface area contributed by atoms with Crippen molar-refractivity contribution in [1.29, 1.82) is 0 Å². The summed E-state index contributed by atoms with van der Waals surface area (Å²) in [4.78, 5) is 2.06. The largest absolute Gasteiger partial charge is 0.308 e. The molecule has 2 aromatic carbocycles. The first kappa shape index (κ1) is 20.9. The molecule has 0 saturated carbocycles. The van der Waals surface area contributed by atoms with Gasteiger partial charge in [0.15, 0.2) is 0 Å². The van der Waals surface area contributed by atoms with Crippen LogP contribution in [0.15, 0.2) is 41.3 Å². The molecule has 1 aliphatic rings. The minimum atomic E-state index is -3.86. The minimum Gasteiger partial charge on any atom is -0.308 e. The lowest BCUT2D eigenvalue weighted by molar-refractivity contribution is 0.262. The average Bonchev–Trinajstić information content (AvgIpc) is 3.03. The van der Waals surface area contributed by atoms with Crippen molar-refractivity contribution in [3.05, 3.63) is 64.7 Å². The van der Waals surface area contributed by atoms with E-state index in [9.17, 15) is 17.2 Å². The van der Waals surface area contributed by atoms with Crippen LogP contribution in [0.4, 0.5) is 8.78 Å².